The third kappa shape index (κ3) is 4.16. The number of nitrogens with one attached hydrogen (secondary N) is 1. The van der Waals surface area contributed by atoms with Gasteiger partial charge in [0, 0.05) is 49.9 Å². The van der Waals surface area contributed by atoms with Crippen molar-refractivity contribution in [2.45, 2.75) is 58.0 Å². The van der Waals surface area contributed by atoms with Gasteiger partial charge in [0.2, 0.25) is 11.8 Å². The highest BCUT2D eigenvalue weighted by atomic mass is 16.2. The van der Waals surface area contributed by atoms with Crippen LogP contribution < -0.4 is 5.32 Å². The van der Waals surface area contributed by atoms with Gasteiger partial charge in [-0.2, -0.15) is 5.10 Å². The van der Waals surface area contributed by atoms with E-state index in [2.05, 4.69) is 10.4 Å². The molecule has 1 N–H and O–H groups in total. The van der Waals surface area contributed by atoms with Crippen molar-refractivity contribution >= 4 is 11.8 Å². The average Bonchev–Trinajstić information content (AvgIpc) is 3.05. The Morgan fingerprint density at radius 2 is 1.96 bits per heavy atom. The topological polar surface area (TPSA) is 67.2 Å². The van der Waals surface area contributed by atoms with Crippen LogP contribution in [0.25, 0.3) is 0 Å². The Morgan fingerprint density at radius 3 is 2.54 bits per heavy atom. The number of hydrogen-bond acceptors (Lipinski definition) is 3. The predicted molar refractivity (Wildman–Crippen MR) is 91.1 cm³/mol. The van der Waals surface area contributed by atoms with Crippen LogP contribution in [-0.2, 0) is 16.1 Å². The highest BCUT2D eigenvalue weighted by Gasteiger charge is 2.33. The Kier molecular flexibility index (Phi) is 5.53. The number of aryl methyl sites for hydroxylation is 1. The maximum absolute atomic E-state index is 12.4. The largest absolute Gasteiger partial charge is 0.353 e. The molecule has 2 aliphatic rings. The lowest BCUT2D eigenvalue weighted by molar-refractivity contribution is -0.141. The van der Waals surface area contributed by atoms with E-state index in [1.54, 1.807) is 6.20 Å². The van der Waals surface area contributed by atoms with Crippen LogP contribution in [0.5, 0.6) is 0 Å². The fraction of sp³-hybridized carbons (Fsp3) is 0.722. The number of piperidine rings is 1. The van der Waals surface area contributed by atoms with Crippen LogP contribution >= 0.6 is 0 Å². The van der Waals surface area contributed by atoms with Crippen molar-refractivity contribution in [3.63, 3.8) is 0 Å². The minimum absolute atomic E-state index is 0.0441. The number of carbonyl (C=O) groups is 2. The fourth-order valence-electron chi connectivity index (χ4n) is 3.47. The molecule has 132 valence electrons. The first-order chi connectivity index (χ1) is 11.6. The molecule has 1 aliphatic carbocycles. The molecule has 6 heteroatoms. The van der Waals surface area contributed by atoms with E-state index in [-0.39, 0.29) is 23.8 Å². The molecule has 1 saturated heterocycles. The van der Waals surface area contributed by atoms with E-state index in [0.717, 1.165) is 51.7 Å². The predicted octanol–water partition coefficient (Wildman–Crippen LogP) is 1.82. The number of likely N-dealkylation sites (tertiary alicyclic amines) is 1. The van der Waals surface area contributed by atoms with Gasteiger partial charge in [-0.25, -0.2) is 0 Å². The molecular weight excluding hydrogens is 304 g/mol. The van der Waals surface area contributed by atoms with Crippen LogP contribution in [0.2, 0.25) is 0 Å². The Labute approximate surface area is 143 Å². The van der Waals surface area contributed by atoms with Gasteiger partial charge in [0.05, 0.1) is 0 Å². The second-order valence-corrected chi connectivity index (χ2v) is 7.19. The summed E-state index contributed by atoms with van der Waals surface area (Å²) in [4.78, 5) is 26.6. The van der Waals surface area contributed by atoms with Gasteiger partial charge < -0.3 is 10.2 Å². The van der Waals surface area contributed by atoms with Gasteiger partial charge in [-0.15, -0.1) is 0 Å². The summed E-state index contributed by atoms with van der Waals surface area (Å²) >= 11 is 0. The maximum Gasteiger partial charge on any atom is 0.225 e. The van der Waals surface area contributed by atoms with Crippen molar-refractivity contribution in [2.75, 3.05) is 13.1 Å². The number of aromatic nitrogens is 2. The van der Waals surface area contributed by atoms with Crippen LogP contribution in [0, 0.1) is 11.8 Å². The monoisotopic (exact) mass is 332 g/mol. The lowest BCUT2D eigenvalue weighted by Gasteiger charge is -2.36. The maximum atomic E-state index is 12.4. The van der Waals surface area contributed by atoms with Gasteiger partial charge in [-0.05, 0) is 45.1 Å². The Morgan fingerprint density at radius 1 is 1.21 bits per heavy atom. The minimum Gasteiger partial charge on any atom is -0.353 e. The van der Waals surface area contributed by atoms with Crippen molar-refractivity contribution in [3.05, 3.63) is 18.5 Å². The van der Waals surface area contributed by atoms with Crippen LogP contribution in [-0.4, -0.2) is 45.6 Å². The van der Waals surface area contributed by atoms with E-state index < -0.39 is 0 Å². The van der Waals surface area contributed by atoms with Gasteiger partial charge in [-0.1, -0.05) is 6.42 Å². The second kappa shape index (κ2) is 7.81. The first-order valence-electron chi connectivity index (χ1n) is 9.20. The number of rotatable bonds is 6. The van der Waals surface area contributed by atoms with Crippen molar-refractivity contribution in [2.24, 2.45) is 11.8 Å². The summed E-state index contributed by atoms with van der Waals surface area (Å²) in [5.74, 6) is 0.756. The molecule has 1 atom stereocenters. The van der Waals surface area contributed by atoms with Crippen molar-refractivity contribution in [1.82, 2.24) is 20.0 Å². The molecule has 1 unspecified atom stereocenters. The summed E-state index contributed by atoms with van der Waals surface area (Å²) in [7, 11) is 0. The molecule has 1 aromatic heterocycles. The summed E-state index contributed by atoms with van der Waals surface area (Å²) in [5, 5.41) is 7.29. The zero-order valence-corrected chi connectivity index (χ0v) is 14.5. The van der Waals surface area contributed by atoms with Gasteiger partial charge >= 0.3 is 0 Å². The van der Waals surface area contributed by atoms with Gasteiger partial charge in [0.15, 0.2) is 0 Å². The first kappa shape index (κ1) is 17.0. The van der Waals surface area contributed by atoms with Crippen molar-refractivity contribution in [3.8, 4) is 0 Å². The standard InChI is InChI=1S/C18H28N4O2/c1-14(6-13-22-10-3-9-19-22)20-17(23)15-7-11-21(12-8-15)18(24)16-4-2-5-16/h3,9-10,14-16H,2,4-8,11-13H2,1H3,(H,20,23). The SMILES string of the molecule is CC(CCn1cccn1)NC(=O)C1CCN(C(=O)C2CCC2)CC1. The van der Waals surface area contributed by atoms with E-state index in [1.165, 1.54) is 6.42 Å². The molecule has 24 heavy (non-hydrogen) atoms. The molecule has 2 amide bonds. The molecule has 1 saturated carbocycles. The van der Waals surface area contributed by atoms with Crippen LogP contribution in [0.15, 0.2) is 18.5 Å². The highest BCUT2D eigenvalue weighted by Crippen LogP contribution is 2.30. The lowest BCUT2D eigenvalue weighted by Crippen LogP contribution is -2.47. The van der Waals surface area contributed by atoms with Gasteiger partial charge in [-0.3, -0.25) is 14.3 Å². The molecule has 6 nitrogen and oxygen atoms in total. The number of carbonyl (C=O) groups excluding carboxylic acids is 2. The van der Waals surface area contributed by atoms with E-state index >= 15 is 0 Å². The molecule has 0 radical (unpaired) electrons. The summed E-state index contributed by atoms with van der Waals surface area (Å²) in [6.07, 6.45) is 9.43. The minimum atomic E-state index is 0.0441. The van der Waals surface area contributed by atoms with Crippen LogP contribution in [0.3, 0.4) is 0 Å². The zero-order chi connectivity index (χ0) is 16.9. The summed E-state index contributed by atoms with van der Waals surface area (Å²) in [5.41, 5.74) is 0. The average molecular weight is 332 g/mol. The zero-order valence-electron chi connectivity index (χ0n) is 14.5. The molecule has 3 rings (SSSR count). The van der Waals surface area contributed by atoms with Crippen LogP contribution in [0.1, 0.15) is 45.4 Å². The number of nitrogens with zero attached hydrogens (tertiary/aromatic N) is 3. The number of amides is 2. The first-order valence-corrected chi connectivity index (χ1v) is 9.20. The Hall–Kier alpha value is -1.85. The highest BCUT2D eigenvalue weighted by molar-refractivity contribution is 5.81. The molecule has 2 heterocycles. The van der Waals surface area contributed by atoms with Crippen molar-refractivity contribution < 1.29 is 9.59 Å². The summed E-state index contributed by atoms with van der Waals surface area (Å²) in [6.45, 7) is 4.31. The molecule has 0 aromatic carbocycles. The molecule has 0 spiro atoms. The summed E-state index contributed by atoms with van der Waals surface area (Å²) in [6, 6.07) is 2.04. The van der Waals surface area contributed by atoms with Gasteiger partial charge in [0.25, 0.3) is 0 Å². The van der Waals surface area contributed by atoms with E-state index in [1.807, 2.05) is 28.8 Å². The quantitative estimate of drug-likeness (QED) is 0.864. The molecule has 1 aromatic rings. The van der Waals surface area contributed by atoms with Gasteiger partial charge in [0.1, 0.15) is 0 Å². The number of hydrogen-bond donors (Lipinski definition) is 1. The fourth-order valence-corrected chi connectivity index (χ4v) is 3.47. The van der Waals surface area contributed by atoms with Crippen molar-refractivity contribution in [1.29, 1.82) is 0 Å². The Bertz CT molecular complexity index is 545. The van der Waals surface area contributed by atoms with E-state index in [0.29, 0.717) is 5.91 Å². The molecule has 1 aliphatic heterocycles. The van der Waals surface area contributed by atoms with E-state index in [9.17, 15) is 9.59 Å². The second-order valence-electron chi connectivity index (χ2n) is 7.19. The van der Waals surface area contributed by atoms with Crippen LogP contribution in [0.4, 0.5) is 0 Å². The summed E-state index contributed by atoms with van der Waals surface area (Å²) < 4.78 is 1.88. The molecular formula is C18H28N4O2. The Balaban J connectivity index is 1.37. The smallest absolute Gasteiger partial charge is 0.225 e. The lowest BCUT2D eigenvalue weighted by atomic mass is 9.83. The third-order valence-electron chi connectivity index (χ3n) is 5.37. The normalized spacial score (nSPS) is 20.5. The molecule has 2 fully saturated rings. The third-order valence-corrected chi connectivity index (χ3v) is 5.37. The van der Waals surface area contributed by atoms with E-state index in [4.69, 9.17) is 0 Å². The molecule has 0 bridgehead atoms.